The summed E-state index contributed by atoms with van der Waals surface area (Å²) < 4.78 is 0. The lowest BCUT2D eigenvalue weighted by atomic mass is 9.96. The SMILES string of the molecule is C=Cc1c(C)ccc(/C=C/C)c1C=C. The van der Waals surface area contributed by atoms with Crippen molar-refractivity contribution in [1.82, 2.24) is 0 Å². The summed E-state index contributed by atoms with van der Waals surface area (Å²) in [6.45, 7) is 11.8. The van der Waals surface area contributed by atoms with E-state index in [-0.39, 0.29) is 0 Å². The van der Waals surface area contributed by atoms with Gasteiger partial charge in [0.2, 0.25) is 0 Å². The summed E-state index contributed by atoms with van der Waals surface area (Å²) in [6.07, 6.45) is 7.90. The molecule has 1 rings (SSSR count). The molecule has 1 aromatic carbocycles. The summed E-state index contributed by atoms with van der Waals surface area (Å²) >= 11 is 0. The Hall–Kier alpha value is -1.56. The summed E-state index contributed by atoms with van der Waals surface area (Å²) in [7, 11) is 0. The highest BCUT2D eigenvalue weighted by atomic mass is 14.1. The van der Waals surface area contributed by atoms with Crippen LogP contribution in [0.15, 0.2) is 31.4 Å². The number of aryl methyl sites for hydroxylation is 1. The van der Waals surface area contributed by atoms with Crippen molar-refractivity contribution in [3.8, 4) is 0 Å². The van der Waals surface area contributed by atoms with Crippen molar-refractivity contribution in [2.75, 3.05) is 0 Å². The minimum atomic E-state index is 1.16. The predicted octanol–water partition coefficient (Wildman–Crippen LogP) is 4.31. The maximum absolute atomic E-state index is 3.84. The number of benzene rings is 1. The lowest BCUT2D eigenvalue weighted by molar-refractivity contribution is 1.41. The van der Waals surface area contributed by atoms with Crippen molar-refractivity contribution < 1.29 is 0 Å². The van der Waals surface area contributed by atoms with Crippen LogP contribution in [0.5, 0.6) is 0 Å². The van der Waals surface area contributed by atoms with Crippen LogP contribution in [0.3, 0.4) is 0 Å². The first-order valence-corrected chi connectivity index (χ1v) is 4.75. The number of allylic oxidation sites excluding steroid dienone is 1. The minimum absolute atomic E-state index is 1.16. The normalized spacial score (nSPS) is 10.4. The molecule has 0 aliphatic heterocycles. The molecule has 72 valence electrons. The molecule has 0 aromatic heterocycles. The van der Waals surface area contributed by atoms with E-state index in [0.717, 1.165) is 5.56 Å². The lowest BCUT2D eigenvalue weighted by Crippen LogP contribution is -1.89. The van der Waals surface area contributed by atoms with Gasteiger partial charge < -0.3 is 0 Å². The van der Waals surface area contributed by atoms with Gasteiger partial charge >= 0.3 is 0 Å². The van der Waals surface area contributed by atoms with Gasteiger partial charge in [-0.3, -0.25) is 0 Å². The second kappa shape index (κ2) is 4.61. The van der Waals surface area contributed by atoms with E-state index in [9.17, 15) is 0 Å². The number of hydrogen-bond donors (Lipinski definition) is 0. The Bertz CT molecular complexity index is 381. The first kappa shape index (κ1) is 10.5. The molecule has 1 aromatic rings. The van der Waals surface area contributed by atoms with Crippen LogP contribution in [0, 0.1) is 6.92 Å². The predicted molar refractivity (Wildman–Crippen MR) is 66.1 cm³/mol. The van der Waals surface area contributed by atoms with E-state index in [4.69, 9.17) is 0 Å². The third-order valence-corrected chi connectivity index (χ3v) is 2.29. The Morgan fingerprint density at radius 1 is 1.07 bits per heavy atom. The van der Waals surface area contributed by atoms with E-state index in [0.29, 0.717) is 0 Å². The molecule has 0 nitrogen and oxygen atoms in total. The largest absolute Gasteiger partial charge is 0.0984 e. The first-order valence-electron chi connectivity index (χ1n) is 4.75. The van der Waals surface area contributed by atoms with Crippen molar-refractivity contribution in [3.63, 3.8) is 0 Å². The Kier molecular flexibility index (Phi) is 3.47. The van der Waals surface area contributed by atoms with Gasteiger partial charge in [-0.05, 0) is 36.1 Å². The van der Waals surface area contributed by atoms with Crippen LogP contribution >= 0.6 is 0 Å². The van der Waals surface area contributed by atoms with Gasteiger partial charge in [0, 0.05) is 0 Å². The molecule has 0 N–H and O–H groups in total. The molecular formula is C14H16. The fraction of sp³-hybridized carbons (Fsp3) is 0.143. The zero-order valence-electron chi connectivity index (χ0n) is 8.88. The van der Waals surface area contributed by atoms with Crippen LogP contribution in [0.25, 0.3) is 18.2 Å². The second-order valence-corrected chi connectivity index (χ2v) is 3.21. The molecule has 0 radical (unpaired) electrons. The molecule has 0 atom stereocenters. The molecule has 0 heterocycles. The summed E-state index contributed by atoms with van der Waals surface area (Å²) in [6, 6.07) is 4.22. The van der Waals surface area contributed by atoms with Crippen molar-refractivity contribution in [2.45, 2.75) is 13.8 Å². The van der Waals surface area contributed by atoms with Crippen molar-refractivity contribution in [2.24, 2.45) is 0 Å². The molecule has 14 heavy (non-hydrogen) atoms. The summed E-state index contributed by atoms with van der Waals surface area (Å²) in [5.74, 6) is 0. The van der Waals surface area contributed by atoms with Gasteiger partial charge in [0.25, 0.3) is 0 Å². The summed E-state index contributed by atoms with van der Waals surface area (Å²) in [5, 5.41) is 0. The van der Waals surface area contributed by atoms with Crippen LogP contribution in [0.4, 0.5) is 0 Å². The van der Waals surface area contributed by atoms with Gasteiger partial charge in [-0.1, -0.05) is 49.6 Å². The third kappa shape index (κ3) is 1.85. The zero-order valence-corrected chi connectivity index (χ0v) is 8.88. The molecule has 0 fully saturated rings. The van der Waals surface area contributed by atoms with E-state index in [1.807, 2.05) is 25.2 Å². The molecule has 0 unspecified atom stereocenters. The Labute approximate surface area is 86.3 Å². The van der Waals surface area contributed by atoms with Crippen LogP contribution in [-0.4, -0.2) is 0 Å². The Balaban J connectivity index is 3.47. The highest BCUT2D eigenvalue weighted by Gasteiger charge is 2.03. The highest BCUT2D eigenvalue weighted by molar-refractivity contribution is 5.74. The average Bonchev–Trinajstić information content (AvgIpc) is 2.20. The molecule has 0 amide bonds. The van der Waals surface area contributed by atoms with E-state index in [2.05, 4.69) is 38.3 Å². The smallest absolute Gasteiger partial charge is 0.0115 e. The monoisotopic (exact) mass is 184 g/mol. The van der Waals surface area contributed by atoms with Gasteiger partial charge in [-0.25, -0.2) is 0 Å². The number of rotatable bonds is 3. The number of hydrogen-bond acceptors (Lipinski definition) is 0. The van der Waals surface area contributed by atoms with E-state index >= 15 is 0 Å². The van der Waals surface area contributed by atoms with Gasteiger partial charge in [0.1, 0.15) is 0 Å². The lowest BCUT2D eigenvalue weighted by Gasteiger charge is -2.08. The molecule has 0 spiro atoms. The van der Waals surface area contributed by atoms with E-state index in [1.165, 1.54) is 16.7 Å². The van der Waals surface area contributed by atoms with Crippen LogP contribution < -0.4 is 0 Å². The third-order valence-electron chi connectivity index (χ3n) is 2.29. The fourth-order valence-corrected chi connectivity index (χ4v) is 1.59. The van der Waals surface area contributed by atoms with Crippen molar-refractivity contribution >= 4 is 18.2 Å². The van der Waals surface area contributed by atoms with E-state index < -0.39 is 0 Å². The summed E-state index contributed by atoms with van der Waals surface area (Å²) in [4.78, 5) is 0. The molecule has 0 aliphatic carbocycles. The molecule has 0 saturated carbocycles. The van der Waals surface area contributed by atoms with Crippen LogP contribution in [-0.2, 0) is 0 Å². The molecule has 0 saturated heterocycles. The van der Waals surface area contributed by atoms with Gasteiger partial charge in [0.15, 0.2) is 0 Å². The standard InChI is InChI=1S/C14H16/c1-5-8-12-10-9-11(4)13(6-2)14(12)7-3/h5-10H,2-3H2,1,4H3/b8-5+. The van der Waals surface area contributed by atoms with Crippen molar-refractivity contribution in [1.29, 1.82) is 0 Å². The molecule has 0 heteroatoms. The van der Waals surface area contributed by atoms with Crippen LogP contribution in [0.1, 0.15) is 29.2 Å². The van der Waals surface area contributed by atoms with Crippen molar-refractivity contribution in [3.05, 3.63) is 53.6 Å². The van der Waals surface area contributed by atoms with Gasteiger partial charge in [-0.2, -0.15) is 0 Å². The van der Waals surface area contributed by atoms with Gasteiger partial charge in [0.05, 0.1) is 0 Å². The quantitative estimate of drug-likeness (QED) is 0.656. The summed E-state index contributed by atoms with van der Waals surface area (Å²) in [5.41, 5.74) is 4.78. The molecule has 0 bridgehead atoms. The maximum atomic E-state index is 3.84. The zero-order chi connectivity index (χ0) is 10.6. The van der Waals surface area contributed by atoms with E-state index in [1.54, 1.807) is 0 Å². The van der Waals surface area contributed by atoms with Gasteiger partial charge in [-0.15, -0.1) is 0 Å². The fourth-order valence-electron chi connectivity index (χ4n) is 1.59. The topological polar surface area (TPSA) is 0 Å². The maximum Gasteiger partial charge on any atom is -0.0115 e. The second-order valence-electron chi connectivity index (χ2n) is 3.21. The Morgan fingerprint density at radius 3 is 2.21 bits per heavy atom. The van der Waals surface area contributed by atoms with Crippen LogP contribution in [0.2, 0.25) is 0 Å². The molecule has 0 aliphatic rings. The Morgan fingerprint density at radius 2 is 1.71 bits per heavy atom. The first-order chi connectivity index (χ1) is 6.74. The molecular weight excluding hydrogens is 168 g/mol. The highest BCUT2D eigenvalue weighted by Crippen LogP contribution is 2.22. The minimum Gasteiger partial charge on any atom is -0.0984 e. The average molecular weight is 184 g/mol.